The Hall–Kier alpha value is -8.64. The van der Waals surface area contributed by atoms with Gasteiger partial charge in [0.25, 0.3) is 0 Å². The largest absolute Gasteiger partial charge is 0.508 e. The molecule has 2 heterocycles. The van der Waals surface area contributed by atoms with Crippen molar-refractivity contribution in [2.24, 2.45) is 0 Å². The SMILES string of the molecule is Oc1ccc([C@@H]2c3c(O)cc(O)cc3C3c4c(cc(O)cc4C2C2c4cc(O)cc5c4C(c4cc(O)cc(O)c4[C@H]2c2ccc(O)cc2)[C@H](c2ccc(O)cc2)O5)O[C@H]3c2ccc(O)cc2)cc1. The second-order valence-electron chi connectivity index (χ2n) is 18.2. The Morgan fingerprint density at radius 3 is 0.897 bits per heavy atom. The molecule has 10 N–H and O–H groups in total. The highest BCUT2D eigenvalue weighted by atomic mass is 16.5. The first kappa shape index (κ1) is 40.8. The number of fused-ring (bicyclic) bond motifs is 4. The van der Waals surface area contributed by atoms with Crippen LogP contribution in [0.15, 0.2) is 146 Å². The lowest BCUT2D eigenvalue weighted by molar-refractivity contribution is 0.221. The number of phenolic OH excluding ortho intramolecular Hbond substituents is 10. The van der Waals surface area contributed by atoms with Gasteiger partial charge in [-0.25, -0.2) is 0 Å². The summed E-state index contributed by atoms with van der Waals surface area (Å²) in [4.78, 5) is 0. The van der Waals surface area contributed by atoms with Crippen LogP contribution < -0.4 is 9.47 Å². The van der Waals surface area contributed by atoms with Crippen LogP contribution in [0, 0.1) is 0 Å². The Bertz CT molecular complexity index is 3110. The maximum Gasteiger partial charge on any atom is 0.135 e. The molecule has 8 aromatic rings. The van der Waals surface area contributed by atoms with Gasteiger partial charge in [0.2, 0.25) is 0 Å². The Morgan fingerprint density at radius 1 is 0.265 bits per heavy atom. The van der Waals surface area contributed by atoms with Crippen molar-refractivity contribution in [3.63, 3.8) is 0 Å². The minimum absolute atomic E-state index is 0.0182. The molecule has 2 aliphatic heterocycles. The van der Waals surface area contributed by atoms with Gasteiger partial charge in [0, 0.05) is 70.2 Å². The highest BCUT2D eigenvalue weighted by Gasteiger charge is 2.55. The average Bonchev–Trinajstić information content (AvgIpc) is 3.81. The van der Waals surface area contributed by atoms with Crippen molar-refractivity contribution in [2.75, 3.05) is 0 Å². The van der Waals surface area contributed by atoms with Crippen LogP contribution in [0.25, 0.3) is 0 Å². The summed E-state index contributed by atoms with van der Waals surface area (Å²) in [5.41, 5.74) is 6.75. The van der Waals surface area contributed by atoms with Gasteiger partial charge >= 0.3 is 0 Å². The van der Waals surface area contributed by atoms with Crippen LogP contribution >= 0.6 is 0 Å². The molecular formula is C56H42O12. The maximum absolute atomic E-state index is 12.5. The van der Waals surface area contributed by atoms with Crippen LogP contribution in [0.2, 0.25) is 0 Å². The van der Waals surface area contributed by atoms with E-state index in [9.17, 15) is 51.1 Å². The molecule has 12 nitrogen and oxygen atoms in total. The summed E-state index contributed by atoms with van der Waals surface area (Å²) in [6.45, 7) is 0. The second kappa shape index (κ2) is 14.9. The predicted octanol–water partition coefficient (Wildman–Crippen LogP) is 10.4. The number of hydrogen-bond donors (Lipinski definition) is 10. The first-order valence-electron chi connectivity index (χ1n) is 22.2. The van der Waals surface area contributed by atoms with Crippen LogP contribution in [-0.4, -0.2) is 51.1 Å². The van der Waals surface area contributed by atoms with E-state index >= 15 is 0 Å². The lowest BCUT2D eigenvalue weighted by Crippen LogP contribution is -2.26. The molecule has 8 aromatic carbocycles. The minimum atomic E-state index is -0.918. The molecule has 8 atom stereocenters. The third-order valence-electron chi connectivity index (χ3n) is 14.5. The fourth-order valence-electron chi connectivity index (χ4n) is 12.0. The smallest absolute Gasteiger partial charge is 0.135 e. The first-order chi connectivity index (χ1) is 32.8. The molecule has 68 heavy (non-hydrogen) atoms. The highest BCUT2D eigenvalue weighted by Crippen LogP contribution is 2.69. The Labute approximate surface area is 388 Å². The van der Waals surface area contributed by atoms with E-state index in [0.29, 0.717) is 78.3 Å². The van der Waals surface area contributed by atoms with Crippen LogP contribution in [0.5, 0.6) is 69.0 Å². The summed E-state index contributed by atoms with van der Waals surface area (Å²) in [6.07, 6.45) is -1.62. The quantitative estimate of drug-likeness (QED) is 0.0780. The van der Waals surface area contributed by atoms with E-state index in [1.165, 1.54) is 24.3 Å². The van der Waals surface area contributed by atoms with Gasteiger partial charge in [-0.05, 0) is 117 Å². The lowest BCUT2D eigenvalue weighted by Gasteiger charge is -2.40. The number of rotatable bonds is 5. The molecule has 0 saturated heterocycles. The van der Waals surface area contributed by atoms with E-state index in [-0.39, 0.29) is 57.5 Å². The van der Waals surface area contributed by atoms with E-state index in [2.05, 4.69) is 0 Å². The van der Waals surface area contributed by atoms with Gasteiger partial charge in [0.15, 0.2) is 0 Å². The molecule has 12 rings (SSSR count). The van der Waals surface area contributed by atoms with Crippen molar-refractivity contribution >= 4 is 0 Å². The van der Waals surface area contributed by atoms with Crippen molar-refractivity contribution < 1.29 is 60.5 Å². The van der Waals surface area contributed by atoms with Gasteiger partial charge in [-0.15, -0.1) is 0 Å². The summed E-state index contributed by atoms with van der Waals surface area (Å²) in [6, 6.07) is 38.4. The predicted molar refractivity (Wildman–Crippen MR) is 248 cm³/mol. The molecule has 4 unspecified atom stereocenters. The van der Waals surface area contributed by atoms with E-state index < -0.39 is 47.7 Å². The van der Waals surface area contributed by atoms with Gasteiger partial charge in [-0.3, -0.25) is 0 Å². The molecule has 0 spiro atoms. The van der Waals surface area contributed by atoms with Crippen molar-refractivity contribution in [3.8, 4) is 69.0 Å². The summed E-state index contributed by atoms with van der Waals surface area (Å²) in [7, 11) is 0. The first-order valence-corrected chi connectivity index (χ1v) is 22.2. The fourth-order valence-corrected chi connectivity index (χ4v) is 12.0. The number of hydrogen-bond acceptors (Lipinski definition) is 12. The number of aromatic hydroxyl groups is 10. The number of phenols is 10. The maximum atomic E-state index is 12.5. The van der Waals surface area contributed by atoms with Gasteiger partial charge < -0.3 is 60.5 Å². The Balaban J connectivity index is 1.25. The van der Waals surface area contributed by atoms with Crippen LogP contribution in [0.1, 0.15) is 114 Å². The number of benzene rings is 8. The van der Waals surface area contributed by atoms with Crippen LogP contribution in [0.4, 0.5) is 0 Å². The summed E-state index contributed by atoms with van der Waals surface area (Å²) >= 11 is 0. The highest BCUT2D eigenvalue weighted by molar-refractivity contribution is 5.71. The van der Waals surface area contributed by atoms with Gasteiger partial charge in [-0.1, -0.05) is 48.5 Å². The zero-order valence-corrected chi connectivity index (χ0v) is 35.8. The molecule has 338 valence electrons. The van der Waals surface area contributed by atoms with Crippen molar-refractivity contribution in [2.45, 2.75) is 47.7 Å². The average molecular weight is 907 g/mol. The van der Waals surface area contributed by atoms with Crippen molar-refractivity contribution in [1.82, 2.24) is 0 Å². The molecular weight excluding hydrogens is 865 g/mol. The second-order valence-corrected chi connectivity index (χ2v) is 18.2. The topological polar surface area (TPSA) is 221 Å². The van der Waals surface area contributed by atoms with E-state index in [1.807, 2.05) is 0 Å². The van der Waals surface area contributed by atoms with Crippen LogP contribution in [-0.2, 0) is 0 Å². The van der Waals surface area contributed by atoms with Gasteiger partial charge in [0.1, 0.15) is 81.2 Å². The summed E-state index contributed by atoms with van der Waals surface area (Å²) < 4.78 is 13.7. The molecule has 0 aromatic heterocycles. The molecule has 0 fully saturated rings. The lowest BCUT2D eigenvalue weighted by atomic mass is 9.62. The molecule has 2 aliphatic carbocycles. The molecule has 0 radical (unpaired) electrons. The van der Waals surface area contributed by atoms with Crippen molar-refractivity contribution in [1.29, 1.82) is 0 Å². The summed E-state index contributed by atoms with van der Waals surface area (Å²) in [5.74, 6) is -5.69. The Kier molecular flexibility index (Phi) is 8.97. The normalized spacial score (nSPS) is 22.6. The number of ether oxygens (including phenoxy) is 2. The fraction of sp³-hybridized carbons (Fsp3) is 0.143. The minimum Gasteiger partial charge on any atom is -0.508 e. The van der Waals surface area contributed by atoms with E-state index in [0.717, 1.165) is 0 Å². The molecule has 0 amide bonds. The van der Waals surface area contributed by atoms with E-state index in [4.69, 9.17) is 9.47 Å². The standard InChI is InChI=1S/C56H42O12/c57-29-9-1-25(2-10-29)45-47-37(17-33(61)21-41(47)65)53-49-39(19-35(63)23-43(49)67-55(53)27-5-13-31(59)14-6-27)51(45)52-40-20-36(64)24-44-50(40)54(56(68-44)28-7-15-32(60)16-8-28)38-18-34(62)22-42(66)48(38)46(52)26-3-11-30(58)12-4-26/h1-24,45-46,51-66H/t45-,46-,51?,52?,53?,54?,55+,56+/m1/s1. The zero-order chi connectivity index (χ0) is 46.9. The molecule has 0 bridgehead atoms. The molecule has 12 heteroatoms. The van der Waals surface area contributed by atoms with E-state index in [1.54, 1.807) is 121 Å². The third-order valence-corrected chi connectivity index (χ3v) is 14.5. The summed E-state index contributed by atoms with van der Waals surface area (Å²) in [5, 5.41) is 114. The third kappa shape index (κ3) is 6.20. The van der Waals surface area contributed by atoms with Gasteiger partial charge in [-0.2, -0.15) is 0 Å². The molecule has 4 aliphatic rings. The van der Waals surface area contributed by atoms with Crippen LogP contribution in [0.3, 0.4) is 0 Å². The van der Waals surface area contributed by atoms with Crippen molar-refractivity contribution in [3.05, 3.63) is 212 Å². The molecule has 0 saturated carbocycles. The Morgan fingerprint density at radius 2 is 0.559 bits per heavy atom. The van der Waals surface area contributed by atoms with Gasteiger partial charge in [0.05, 0.1) is 11.8 Å². The monoisotopic (exact) mass is 906 g/mol. The zero-order valence-electron chi connectivity index (χ0n) is 35.8.